The highest BCUT2D eigenvalue weighted by Crippen LogP contribution is 2.23. The number of aromatic amines is 1. The first-order valence-electron chi connectivity index (χ1n) is 9.41. The fourth-order valence-electron chi connectivity index (χ4n) is 3.42. The van der Waals surface area contributed by atoms with Crippen molar-refractivity contribution in [2.75, 3.05) is 18.4 Å². The molecule has 148 valence electrons. The summed E-state index contributed by atoms with van der Waals surface area (Å²) in [4.78, 5) is 30.8. The molecule has 1 fully saturated rings. The number of H-pyrrole nitrogens is 1. The van der Waals surface area contributed by atoms with Gasteiger partial charge in [0.2, 0.25) is 11.8 Å². The maximum absolute atomic E-state index is 12.7. The number of amides is 2. The molecule has 29 heavy (non-hydrogen) atoms. The molecule has 0 aliphatic carbocycles. The van der Waals surface area contributed by atoms with Crippen LogP contribution in [0.1, 0.15) is 12.0 Å². The van der Waals surface area contributed by atoms with Gasteiger partial charge in [-0.05, 0) is 36.2 Å². The van der Waals surface area contributed by atoms with Crippen molar-refractivity contribution in [2.45, 2.75) is 12.8 Å². The minimum atomic E-state index is -0.378. The number of phenols is 1. The van der Waals surface area contributed by atoms with E-state index in [1.54, 1.807) is 23.1 Å². The van der Waals surface area contributed by atoms with Crippen molar-refractivity contribution in [3.8, 4) is 17.1 Å². The first-order valence-corrected chi connectivity index (χ1v) is 9.41. The Morgan fingerprint density at radius 2 is 2.07 bits per heavy atom. The summed E-state index contributed by atoms with van der Waals surface area (Å²) < 4.78 is 0. The lowest BCUT2D eigenvalue weighted by Crippen LogP contribution is -2.30. The first kappa shape index (κ1) is 18.7. The fourth-order valence-corrected chi connectivity index (χ4v) is 3.42. The molecule has 1 saturated heterocycles. The lowest BCUT2D eigenvalue weighted by atomic mass is 10.1. The SMILES string of the molecule is O=C(Nc1cccc(-c2ncn[nH]2)c1)C1CC(=O)N(CCc2ccc(O)cc2)C1. The van der Waals surface area contributed by atoms with E-state index < -0.39 is 0 Å². The average molecular weight is 391 g/mol. The molecular formula is C21H21N5O3. The van der Waals surface area contributed by atoms with Crippen molar-refractivity contribution >= 4 is 17.5 Å². The van der Waals surface area contributed by atoms with Crippen molar-refractivity contribution < 1.29 is 14.7 Å². The zero-order chi connectivity index (χ0) is 20.2. The maximum Gasteiger partial charge on any atom is 0.229 e. The molecule has 3 aromatic rings. The minimum Gasteiger partial charge on any atom is -0.508 e. The van der Waals surface area contributed by atoms with E-state index in [2.05, 4.69) is 20.5 Å². The molecule has 1 unspecified atom stereocenters. The summed E-state index contributed by atoms with van der Waals surface area (Å²) in [5.74, 6) is 0.281. The third-order valence-corrected chi connectivity index (χ3v) is 5.01. The minimum absolute atomic E-state index is 0.0145. The molecule has 3 N–H and O–H groups in total. The van der Waals surface area contributed by atoms with Crippen molar-refractivity contribution in [1.29, 1.82) is 0 Å². The largest absolute Gasteiger partial charge is 0.508 e. The quantitative estimate of drug-likeness (QED) is 0.597. The number of likely N-dealkylation sites (tertiary alicyclic amines) is 1. The molecule has 0 spiro atoms. The zero-order valence-corrected chi connectivity index (χ0v) is 15.7. The second-order valence-corrected chi connectivity index (χ2v) is 7.06. The highest BCUT2D eigenvalue weighted by Gasteiger charge is 2.34. The van der Waals surface area contributed by atoms with Crippen molar-refractivity contribution in [3.63, 3.8) is 0 Å². The molecule has 2 amide bonds. The Balaban J connectivity index is 1.34. The topological polar surface area (TPSA) is 111 Å². The number of nitrogens with one attached hydrogen (secondary N) is 2. The lowest BCUT2D eigenvalue weighted by molar-refractivity contribution is -0.128. The second-order valence-electron chi connectivity index (χ2n) is 7.06. The molecule has 4 rings (SSSR count). The number of phenolic OH excluding ortho intramolecular Hbond substituents is 1. The van der Waals surface area contributed by atoms with Crippen LogP contribution in [0.2, 0.25) is 0 Å². The monoisotopic (exact) mass is 391 g/mol. The zero-order valence-electron chi connectivity index (χ0n) is 15.7. The second kappa shape index (κ2) is 8.14. The van der Waals surface area contributed by atoms with Crippen LogP contribution in [0.25, 0.3) is 11.4 Å². The van der Waals surface area contributed by atoms with Gasteiger partial charge >= 0.3 is 0 Å². The van der Waals surface area contributed by atoms with Crippen molar-refractivity contribution in [3.05, 3.63) is 60.4 Å². The van der Waals surface area contributed by atoms with Crippen LogP contribution < -0.4 is 5.32 Å². The molecule has 2 aromatic carbocycles. The Hall–Kier alpha value is -3.68. The molecule has 8 heteroatoms. The van der Waals surface area contributed by atoms with E-state index in [1.165, 1.54) is 6.33 Å². The Kier molecular flexibility index (Phi) is 5.24. The van der Waals surface area contributed by atoms with E-state index in [4.69, 9.17) is 0 Å². The maximum atomic E-state index is 12.7. The Morgan fingerprint density at radius 1 is 1.24 bits per heavy atom. The number of carbonyl (C=O) groups excluding carboxylic acids is 2. The molecule has 0 saturated carbocycles. The highest BCUT2D eigenvalue weighted by molar-refractivity contribution is 5.97. The van der Waals surface area contributed by atoms with Gasteiger partial charge in [-0.15, -0.1) is 0 Å². The summed E-state index contributed by atoms with van der Waals surface area (Å²) in [5, 5.41) is 18.9. The van der Waals surface area contributed by atoms with Crippen LogP contribution in [0.15, 0.2) is 54.9 Å². The number of hydrogen-bond acceptors (Lipinski definition) is 5. The molecule has 1 aliphatic heterocycles. The molecule has 0 bridgehead atoms. The molecule has 1 aromatic heterocycles. The molecule has 1 atom stereocenters. The van der Waals surface area contributed by atoms with Crippen LogP contribution in [-0.2, 0) is 16.0 Å². The van der Waals surface area contributed by atoms with Crippen molar-refractivity contribution in [1.82, 2.24) is 20.1 Å². The summed E-state index contributed by atoms with van der Waals surface area (Å²) in [6.07, 6.45) is 2.32. The molecule has 2 heterocycles. The number of rotatable bonds is 6. The number of carbonyl (C=O) groups is 2. The number of aromatic nitrogens is 3. The third kappa shape index (κ3) is 4.43. The number of aromatic hydroxyl groups is 1. The van der Waals surface area contributed by atoms with Gasteiger partial charge in [-0.3, -0.25) is 14.7 Å². The summed E-state index contributed by atoms with van der Waals surface area (Å²) in [7, 11) is 0. The lowest BCUT2D eigenvalue weighted by Gasteiger charge is -2.16. The Morgan fingerprint density at radius 3 is 2.83 bits per heavy atom. The van der Waals surface area contributed by atoms with Crippen LogP contribution in [0, 0.1) is 5.92 Å². The van der Waals surface area contributed by atoms with E-state index in [9.17, 15) is 14.7 Å². The Bertz CT molecular complexity index is 1000. The average Bonchev–Trinajstić information content (AvgIpc) is 3.38. The molecule has 1 aliphatic rings. The number of benzene rings is 2. The standard InChI is InChI=1S/C21H21N5O3/c27-18-6-4-14(5-7-18)8-9-26-12-16(11-19(26)28)21(29)24-17-3-1-2-15(10-17)20-22-13-23-25-20/h1-7,10,13,16,27H,8-9,11-12H2,(H,24,29)(H,22,23,25). The van der Waals surface area contributed by atoms with Crippen molar-refractivity contribution in [2.24, 2.45) is 5.92 Å². The van der Waals surface area contributed by atoms with Crippen LogP contribution in [0.5, 0.6) is 5.75 Å². The van der Waals surface area contributed by atoms with Gasteiger partial charge in [-0.25, -0.2) is 4.98 Å². The van der Waals surface area contributed by atoms with E-state index in [0.29, 0.717) is 31.0 Å². The van der Waals surface area contributed by atoms with Crippen LogP contribution in [0.4, 0.5) is 5.69 Å². The van der Waals surface area contributed by atoms with Crippen LogP contribution >= 0.6 is 0 Å². The van der Waals surface area contributed by atoms with Gasteiger partial charge in [0.1, 0.15) is 12.1 Å². The molecule has 0 radical (unpaired) electrons. The van der Waals surface area contributed by atoms with E-state index in [1.807, 2.05) is 30.3 Å². The van der Waals surface area contributed by atoms with Gasteiger partial charge in [-0.1, -0.05) is 24.3 Å². The molecular weight excluding hydrogens is 370 g/mol. The van der Waals surface area contributed by atoms with Crippen LogP contribution in [0.3, 0.4) is 0 Å². The smallest absolute Gasteiger partial charge is 0.229 e. The van der Waals surface area contributed by atoms with E-state index >= 15 is 0 Å². The van der Waals surface area contributed by atoms with Gasteiger partial charge in [0.05, 0.1) is 5.92 Å². The van der Waals surface area contributed by atoms with Gasteiger partial charge in [-0.2, -0.15) is 5.10 Å². The molecule has 8 nitrogen and oxygen atoms in total. The van der Waals surface area contributed by atoms with E-state index in [-0.39, 0.29) is 29.9 Å². The summed E-state index contributed by atoms with van der Waals surface area (Å²) in [6.45, 7) is 0.957. The normalized spacial score (nSPS) is 16.2. The third-order valence-electron chi connectivity index (χ3n) is 5.01. The summed E-state index contributed by atoms with van der Waals surface area (Å²) in [5.41, 5.74) is 2.50. The predicted molar refractivity (Wildman–Crippen MR) is 107 cm³/mol. The van der Waals surface area contributed by atoms with Crippen LogP contribution in [-0.4, -0.2) is 50.1 Å². The predicted octanol–water partition coefficient (Wildman–Crippen LogP) is 2.21. The highest BCUT2D eigenvalue weighted by atomic mass is 16.3. The number of nitrogens with zero attached hydrogens (tertiary/aromatic N) is 3. The van der Waals surface area contributed by atoms with Gasteiger partial charge in [0.15, 0.2) is 5.82 Å². The van der Waals surface area contributed by atoms with Gasteiger partial charge in [0, 0.05) is 30.8 Å². The van der Waals surface area contributed by atoms with Gasteiger partial charge in [0.25, 0.3) is 0 Å². The summed E-state index contributed by atoms with van der Waals surface area (Å²) >= 11 is 0. The number of anilines is 1. The number of hydrogen-bond donors (Lipinski definition) is 3. The Labute approximate surface area is 167 Å². The first-order chi connectivity index (χ1) is 14.1. The fraction of sp³-hybridized carbons (Fsp3) is 0.238. The van der Waals surface area contributed by atoms with E-state index in [0.717, 1.165) is 11.1 Å². The van der Waals surface area contributed by atoms with Gasteiger partial charge < -0.3 is 15.3 Å². The summed E-state index contributed by atoms with van der Waals surface area (Å²) in [6, 6.07) is 14.3.